The Balaban J connectivity index is 4.78. The van der Waals surface area contributed by atoms with E-state index in [0.29, 0.717) is 32.2 Å². The highest BCUT2D eigenvalue weighted by atomic mass is 16.7. The molecular formula is C63H120N2O11. The van der Waals surface area contributed by atoms with Crippen LogP contribution in [0.15, 0.2) is 0 Å². The summed E-state index contributed by atoms with van der Waals surface area (Å²) in [6.45, 7) is 16.3. The van der Waals surface area contributed by atoms with E-state index in [4.69, 9.17) is 28.4 Å². The first-order valence-corrected chi connectivity index (χ1v) is 32.1. The van der Waals surface area contributed by atoms with Crippen LogP contribution in [-0.4, -0.2) is 99.9 Å². The fourth-order valence-corrected chi connectivity index (χ4v) is 9.50. The highest BCUT2D eigenvalue weighted by Gasteiger charge is 2.20. The van der Waals surface area contributed by atoms with E-state index in [2.05, 4.69) is 51.8 Å². The van der Waals surface area contributed by atoms with E-state index in [-0.39, 0.29) is 75.5 Å². The molecule has 0 saturated carbocycles. The Kier molecular flexibility index (Phi) is 54.3. The first-order chi connectivity index (χ1) is 37.1. The molecule has 0 aliphatic carbocycles. The second kappa shape index (κ2) is 56.6. The molecule has 0 aliphatic rings. The number of unbranched alkanes of at least 4 members (excludes halogenated alkanes) is 27. The molecule has 1 unspecified atom stereocenters. The van der Waals surface area contributed by atoms with E-state index >= 15 is 0 Å². The van der Waals surface area contributed by atoms with Gasteiger partial charge < -0.3 is 38.6 Å². The molecule has 0 fully saturated rings. The van der Waals surface area contributed by atoms with E-state index < -0.39 is 12.1 Å². The van der Waals surface area contributed by atoms with Crippen LogP contribution in [0.3, 0.4) is 0 Å². The summed E-state index contributed by atoms with van der Waals surface area (Å²) in [5.41, 5.74) is 0. The lowest BCUT2D eigenvalue weighted by Crippen LogP contribution is -2.29. The van der Waals surface area contributed by atoms with Crippen LogP contribution in [0.4, 0.5) is 9.59 Å². The lowest BCUT2D eigenvalue weighted by molar-refractivity contribution is -0.151. The van der Waals surface area contributed by atoms with Gasteiger partial charge in [0, 0.05) is 32.4 Å². The summed E-state index contributed by atoms with van der Waals surface area (Å²) in [6.07, 6.45) is 40.8. The molecule has 0 bridgehead atoms. The monoisotopic (exact) mass is 1080 g/mol. The fourth-order valence-electron chi connectivity index (χ4n) is 9.50. The van der Waals surface area contributed by atoms with Gasteiger partial charge in [-0.2, -0.15) is 0 Å². The zero-order valence-corrected chi connectivity index (χ0v) is 50.3. The van der Waals surface area contributed by atoms with Crippen molar-refractivity contribution < 1.29 is 52.4 Å². The summed E-state index contributed by atoms with van der Waals surface area (Å²) in [6, 6.07) is 0. The van der Waals surface area contributed by atoms with Crippen molar-refractivity contribution in [3.63, 3.8) is 0 Å². The first kappa shape index (κ1) is 72.9. The number of hydrogen-bond acceptors (Lipinski definition) is 12. The van der Waals surface area contributed by atoms with Crippen molar-refractivity contribution in [2.75, 3.05) is 52.6 Å². The van der Waals surface area contributed by atoms with E-state index in [9.17, 15) is 24.0 Å². The zero-order chi connectivity index (χ0) is 55.8. The van der Waals surface area contributed by atoms with E-state index in [1.807, 2.05) is 0 Å². The van der Waals surface area contributed by atoms with Gasteiger partial charge in [0.1, 0.15) is 32.0 Å². The molecule has 0 rings (SSSR count). The Bertz CT molecular complexity index is 1300. The molecule has 0 heterocycles. The van der Waals surface area contributed by atoms with Gasteiger partial charge in [0.2, 0.25) is 0 Å². The quantitative estimate of drug-likeness (QED) is 0.0350. The SMILES string of the molecule is CCCCCCCCC(CCCCCCCC)OC(=O)CCCCCCC(=O)OCC(COC(=O)CCCCCCCNC(=O)OC(CCCCCCCC)CCCCCCCC)COC(=O)OCCCN(CC)CC. The Morgan fingerprint density at radius 2 is 0.724 bits per heavy atom. The number of amides is 1. The number of ether oxygens (including phenoxy) is 6. The summed E-state index contributed by atoms with van der Waals surface area (Å²) < 4.78 is 33.8. The molecule has 1 N–H and O–H groups in total. The van der Waals surface area contributed by atoms with Gasteiger partial charge in [0.15, 0.2) is 0 Å². The number of carbonyl (C=O) groups excluding carboxylic acids is 5. The topological polar surface area (TPSA) is 156 Å². The number of nitrogens with zero attached hydrogens (tertiary/aromatic N) is 1. The smallest absolute Gasteiger partial charge is 0.465 e. The van der Waals surface area contributed by atoms with Gasteiger partial charge in [-0.05, 0) is 96.6 Å². The molecule has 0 spiro atoms. The van der Waals surface area contributed by atoms with Crippen molar-refractivity contribution >= 4 is 30.2 Å². The third-order valence-electron chi connectivity index (χ3n) is 14.6. The normalized spacial score (nSPS) is 11.8. The zero-order valence-electron chi connectivity index (χ0n) is 50.3. The summed E-state index contributed by atoms with van der Waals surface area (Å²) in [4.78, 5) is 65.8. The third kappa shape index (κ3) is 50.4. The average Bonchev–Trinajstić information content (AvgIpc) is 3.41. The molecule has 0 aromatic rings. The Hall–Kier alpha value is -3.09. The number of carbonyl (C=O) groups is 5. The minimum atomic E-state index is -0.805. The number of alkyl carbamates (subject to hydrolysis) is 1. The van der Waals surface area contributed by atoms with Crippen molar-refractivity contribution in [1.29, 1.82) is 0 Å². The molecule has 0 radical (unpaired) electrons. The highest BCUT2D eigenvalue weighted by molar-refractivity contribution is 5.70. The maximum absolute atomic E-state index is 12.8. The van der Waals surface area contributed by atoms with Crippen LogP contribution in [0.2, 0.25) is 0 Å². The predicted molar refractivity (Wildman–Crippen MR) is 311 cm³/mol. The third-order valence-corrected chi connectivity index (χ3v) is 14.6. The van der Waals surface area contributed by atoms with Crippen LogP contribution in [0.1, 0.15) is 305 Å². The van der Waals surface area contributed by atoms with E-state index in [0.717, 1.165) is 116 Å². The molecule has 1 atom stereocenters. The molecule has 448 valence electrons. The molecular weight excluding hydrogens is 961 g/mol. The van der Waals surface area contributed by atoms with Gasteiger partial charge in [-0.1, -0.05) is 202 Å². The average molecular weight is 1080 g/mol. The minimum Gasteiger partial charge on any atom is -0.465 e. The predicted octanol–water partition coefficient (Wildman–Crippen LogP) is 17.3. The van der Waals surface area contributed by atoms with Crippen LogP contribution in [0.5, 0.6) is 0 Å². The van der Waals surface area contributed by atoms with Crippen molar-refractivity contribution in [3.8, 4) is 0 Å². The number of hydrogen-bond donors (Lipinski definition) is 1. The molecule has 13 nitrogen and oxygen atoms in total. The molecule has 1 amide bonds. The van der Waals surface area contributed by atoms with Crippen LogP contribution in [0.25, 0.3) is 0 Å². The number of nitrogens with one attached hydrogen (secondary N) is 1. The number of rotatable bonds is 57. The van der Waals surface area contributed by atoms with Gasteiger partial charge in [0.25, 0.3) is 0 Å². The summed E-state index contributed by atoms with van der Waals surface area (Å²) >= 11 is 0. The Labute approximate surface area is 466 Å². The van der Waals surface area contributed by atoms with Gasteiger partial charge in [0.05, 0.1) is 12.5 Å². The maximum atomic E-state index is 12.8. The summed E-state index contributed by atoms with van der Waals surface area (Å²) in [5.74, 6) is -1.38. The van der Waals surface area contributed by atoms with E-state index in [1.165, 1.54) is 128 Å². The second-order valence-electron chi connectivity index (χ2n) is 21.7. The standard InChI is InChI=1S/C63H120N2O11/c1-7-13-17-21-26-34-43-57(44-35-27-22-18-14-8-2)75-61(68)49-40-32-31-39-48-60(67)73-54-56(55-74-63(70)71-52-42-51-65(11-5)12-6)53-72-59(66)47-38-30-25-33-41-50-64-62(69)76-58(45-36-28-23-19-15-9-3)46-37-29-24-20-16-10-4/h56-58H,7-55H2,1-6H3,(H,64,69). The van der Waals surface area contributed by atoms with Gasteiger partial charge in [-0.15, -0.1) is 0 Å². The van der Waals surface area contributed by atoms with Crippen molar-refractivity contribution in [1.82, 2.24) is 10.2 Å². The maximum Gasteiger partial charge on any atom is 0.508 e. The van der Waals surface area contributed by atoms with Gasteiger partial charge in [-0.25, -0.2) is 9.59 Å². The van der Waals surface area contributed by atoms with Crippen LogP contribution in [0, 0.1) is 5.92 Å². The summed E-state index contributed by atoms with van der Waals surface area (Å²) in [7, 11) is 0. The van der Waals surface area contributed by atoms with Crippen LogP contribution >= 0.6 is 0 Å². The molecule has 13 heteroatoms. The van der Waals surface area contributed by atoms with Gasteiger partial charge >= 0.3 is 30.2 Å². The Morgan fingerprint density at radius 1 is 0.368 bits per heavy atom. The number of esters is 3. The molecule has 0 aromatic heterocycles. The summed E-state index contributed by atoms with van der Waals surface area (Å²) in [5, 5.41) is 2.96. The molecule has 0 aromatic carbocycles. The lowest BCUT2D eigenvalue weighted by atomic mass is 10.0. The fraction of sp³-hybridized carbons (Fsp3) is 0.921. The lowest BCUT2D eigenvalue weighted by Gasteiger charge is -2.18. The van der Waals surface area contributed by atoms with Crippen LogP contribution in [-0.2, 0) is 42.8 Å². The first-order valence-electron chi connectivity index (χ1n) is 32.1. The largest absolute Gasteiger partial charge is 0.508 e. The minimum absolute atomic E-state index is 0.0121. The van der Waals surface area contributed by atoms with Gasteiger partial charge in [-0.3, -0.25) is 14.4 Å². The molecule has 0 aliphatic heterocycles. The van der Waals surface area contributed by atoms with E-state index in [1.54, 1.807) is 0 Å². The second-order valence-corrected chi connectivity index (χ2v) is 21.7. The van der Waals surface area contributed by atoms with Crippen molar-refractivity contribution in [3.05, 3.63) is 0 Å². The molecule has 0 saturated heterocycles. The van der Waals surface area contributed by atoms with Crippen molar-refractivity contribution in [2.24, 2.45) is 5.92 Å². The van der Waals surface area contributed by atoms with Crippen molar-refractivity contribution in [2.45, 2.75) is 317 Å². The van der Waals surface area contributed by atoms with Crippen LogP contribution < -0.4 is 5.32 Å². The Morgan fingerprint density at radius 3 is 1.14 bits per heavy atom. The molecule has 76 heavy (non-hydrogen) atoms. The highest BCUT2D eigenvalue weighted by Crippen LogP contribution is 2.20.